The Morgan fingerprint density at radius 2 is 2.00 bits per heavy atom. The lowest BCUT2D eigenvalue weighted by Gasteiger charge is -2.03. The van der Waals surface area contributed by atoms with Crippen LogP contribution in [0.4, 0.5) is 5.82 Å². The molecule has 16 heavy (non-hydrogen) atoms. The Morgan fingerprint density at radius 1 is 1.12 bits per heavy atom. The largest absolute Gasteiger partial charge is 0.372 e. The van der Waals surface area contributed by atoms with Crippen molar-refractivity contribution in [2.24, 2.45) is 0 Å². The highest BCUT2D eigenvalue weighted by Crippen LogP contribution is 2.18. The van der Waals surface area contributed by atoms with Gasteiger partial charge in [-0.1, -0.05) is 25.1 Å². The average molecular weight is 213 g/mol. The summed E-state index contributed by atoms with van der Waals surface area (Å²) in [5.41, 5.74) is 3.35. The van der Waals surface area contributed by atoms with E-state index in [1.807, 2.05) is 19.2 Å². The van der Waals surface area contributed by atoms with Gasteiger partial charge in [-0.2, -0.15) is 0 Å². The van der Waals surface area contributed by atoms with E-state index in [1.54, 1.807) is 0 Å². The molecule has 0 aliphatic carbocycles. The van der Waals surface area contributed by atoms with Crippen LogP contribution in [0.3, 0.4) is 0 Å². The van der Waals surface area contributed by atoms with Crippen molar-refractivity contribution in [2.75, 3.05) is 12.4 Å². The van der Waals surface area contributed by atoms with E-state index >= 15 is 0 Å². The second-order valence-corrected chi connectivity index (χ2v) is 3.61. The van der Waals surface area contributed by atoms with Crippen LogP contribution in [0, 0.1) is 0 Å². The predicted octanol–water partition coefficient (Wildman–Crippen LogP) is 2.75. The quantitative estimate of drug-likeness (QED) is 0.851. The Balaban J connectivity index is 2.34. The molecule has 3 nitrogen and oxygen atoms in total. The lowest BCUT2D eigenvalue weighted by Crippen LogP contribution is -1.95. The molecule has 0 atom stereocenters. The molecule has 1 N–H and O–H groups in total. The van der Waals surface area contributed by atoms with Crippen molar-refractivity contribution in [2.45, 2.75) is 13.3 Å². The Kier molecular flexibility index (Phi) is 3.15. The fraction of sp³-hybridized carbons (Fsp3) is 0.231. The molecule has 1 heterocycles. The molecule has 2 rings (SSSR count). The molecule has 1 aromatic heterocycles. The minimum Gasteiger partial charge on any atom is -0.372 e. The van der Waals surface area contributed by atoms with Crippen LogP contribution < -0.4 is 5.32 Å². The molecular weight excluding hydrogens is 198 g/mol. The van der Waals surface area contributed by atoms with Crippen LogP contribution in [0.5, 0.6) is 0 Å². The van der Waals surface area contributed by atoms with E-state index in [1.165, 1.54) is 5.56 Å². The van der Waals surface area contributed by atoms with Crippen LogP contribution in [0.1, 0.15) is 12.5 Å². The summed E-state index contributed by atoms with van der Waals surface area (Å²) in [4.78, 5) is 0. The molecular formula is C13H15N3. The van der Waals surface area contributed by atoms with Crippen molar-refractivity contribution in [3.8, 4) is 11.3 Å². The molecule has 0 unspecified atom stereocenters. The van der Waals surface area contributed by atoms with Crippen LogP contribution in [-0.2, 0) is 6.42 Å². The van der Waals surface area contributed by atoms with Crippen molar-refractivity contribution < 1.29 is 0 Å². The summed E-state index contributed by atoms with van der Waals surface area (Å²) in [6, 6.07) is 12.3. The molecule has 2 aromatic rings. The van der Waals surface area contributed by atoms with E-state index in [2.05, 4.69) is 46.7 Å². The van der Waals surface area contributed by atoms with E-state index in [0.717, 1.165) is 23.5 Å². The molecule has 0 aliphatic heterocycles. The normalized spacial score (nSPS) is 10.1. The lowest BCUT2D eigenvalue weighted by atomic mass is 10.1. The first-order valence-corrected chi connectivity index (χ1v) is 5.44. The molecule has 1 aromatic carbocycles. The Morgan fingerprint density at radius 3 is 2.62 bits per heavy atom. The Labute approximate surface area is 95.5 Å². The van der Waals surface area contributed by atoms with Crippen molar-refractivity contribution in [3.63, 3.8) is 0 Å². The van der Waals surface area contributed by atoms with Crippen molar-refractivity contribution in [1.82, 2.24) is 10.2 Å². The van der Waals surface area contributed by atoms with Gasteiger partial charge < -0.3 is 5.32 Å². The predicted molar refractivity (Wildman–Crippen MR) is 66.4 cm³/mol. The highest BCUT2D eigenvalue weighted by Gasteiger charge is 2.00. The standard InChI is InChI=1S/C13H15N3/c1-3-10-5-4-6-11(9-10)12-7-8-13(14-2)16-15-12/h4-9H,3H2,1-2H3,(H,14,16). The first kappa shape index (κ1) is 10.6. The summed E-state index contributed by atoms with van der Waals surface area (Å²) in [6.45, 7) is 2.15. The van der Waals surface area contributed by atoms with E-state index < -0.39 is 0 Å². The van der Waals surface area contributed by atoms with Gasteiger partial charge in [0, 0.05) is 12.6 Å². The van der Waals surface area contributed by atoms with E-state index in [0.29, 0.717) is 0 Å². The average Bonchev–Trinajstić information content (AvgIpc) is 2.39. The fourth-order valence-electron chi connectivity index (χ4n) is 1.57. The monoisotopic (exact) mass is 213 g/mol. The van der Waals surface area contributed by atoms with E-state index in [4.69, 9.17) is 0 Å². The topological polar surface area (TPSA) is 37.8 Å². The summed E-state index contributed by atoms with van der Waals surface area (Å²) < 4.78 is 0. The van der Waals surface area contributed by atoms with E-state index in [-0.39, 0.29) is 0 Å². The highest BCUT2D eigenvalue weighted by atomic mass is 15.2. The zero-order valence-corrected chi connectivity index (χ0v) is 9.57. The van der Waals surface area contributed by atoms with Gasteiger partial charge in [0.25, 0.3) is 0 Å². The summed E-state index contributed by atoms with van der Waals surface area (Å²) in [6.07, 6.45) is 1.04. The molecule has 0 fully saturated rings. The first-order valence-electron chi connectivity index (χ1n) is 5.44. The maximum Gasteiger partial charge on any atom is 0.148 e. The molecule has 0 radical (unpaired) electrons. The molecule has 0 spiro atoms. The number of anilines is 1. The maximum atomic E-state index is 4.18. The minimum absolute atomic E-state index is 0.787. The third kappa shape index (κ3) is 2.19. The minimum atomic E-state index is 0.787. The van der Waals surface area contributed by atoms with Crippen LogP contribution in [-0.4, -0.2) is 17.2 Å². The number of rotatable bonds is 3. The maximum absolute atomic E-state index is 4.18. The van der Waals surface area contributed by atoms with Crippen molar-refractivity contribution in [1.29, 1.82) is 0 Å². The third-order valence-corrected chi connectivity index (χ3v) is 2.55. The fourth-order valence-corrected chi connectivity index (χ4v) is 1.57. The Bertz CT molecular complexity index is 463. The van der Waals surface area contributed by atoms with Crippen LogP contribution in [0.15, 0.2) is 36.4 Å². The van der Waals surface area contributed by atoms with Gasteiger partial charge >= 0.3 is 0 Å². The second kappa shape index (κ2) is 4.75. The highest BCUT2D eigenvalue weighted by molar-refractivity contribution is 5.60. The summed E-state index contributed by atoms with van der Waals surface area (Å²) >= 11 is 0. The van der Waals surface area contributed by atoms with Crippen LogP contribution >= 0.6 is 0 Å². The van der Waals surface area contributed by atoms with Crippen molar-refractivity contribution in [3.05, 3.63) is 42.0 Å². The summed E-state index contributed by atoms with van der Waals surface area (Å²) in [5.74, 6) is 0.787. The molecule has 0 bridgehead atoms. The van der Waals surface area contributed by atoms with Gasteiger partial charge in [0.05, 0.1) is 5.69 Å². The summed E-state index contributed by atoms with van der Waals surface area (Å²) in [5, 5.41) is 11.2. The molecule has 82 valence electrons. The SMILES string of the molecule is CCc1cccc(-c2ccc(NC)nn2)c1. The molecule has 0 saturated heterocycles. The molecule has 3 heteroatoms. The summed E-state index contributed by atoms with van der Waals surface area (Å²) in [7, 11) is 1.83. The lowest BCUT2D eigenvalue weighted by molar-refractivity contribution is 1.04. The van der Waals surface area contributed by atoms with Gasteiger partial charge in [-0.05, 0) is 30.2 Å². The number of hydrogen-bond acceptors (Lipinski definition) is 3. The van der Waals surface area contributed by atoms with Gasteiger partial charge in [-0.15, -0.1) is 10.2 Å². The number of nitrogens with zero attached hydrogens (tertiary/aromatic N) is 2. The van der Waals surface area contributed by atoms with Crippen molar-refractivity contribution >= 4 is 5.82 Å². The van der Waals surface area contributed by atoms with Crippen LogP contribution in [0.25, 0.3) is 11.3 Å². The van der Waals surface area contributed by atoms with Gasteiger partial charge in [0.2, 0.25) is 0 Å². The number of aryl methyl sites for hydroxylation is 1. The Hall–Kier alpha value is -1.90. The number of hydrogen-bond donors (Lipinski definition) is 1. The smallest absolute Gasteiger partial charge is 0.148 e. The van der Waals surface area contributed by atoms with Gasteiger partial charge in [-0.25, -0.2) is 0 Å². The molecule has 0 amide bonds. The second-order valence-electron chi connectivity index (χ2n) is 3.61. The van der Waals surface area contributed by atoms with E-state index in [9.17, 15) is 0 Å². The third-order valence-electron chi connectivity index (χ3n) is 2.55. The van der Waals surface area contributed by atoms with Gasteiger partial charge in [0.1, 0.15) is 5.82 Å². The van der Waals surface area contributed by atoms with Gasteiger partial charge in [-0.3, -0.25) is 0 Å². The number of aromatic nitrogens is 2. The number of nitrogens with one attached hydrogen (secondary N) is 1. The van der Waals surface area contributed by atoms with Crippen LogP contribution in [0.2, 0.25) is 0 Å². The first-order chi connectivity index (χ1) is 7.83. The zero-order valence-electron chi connectivity index (χ0n) is 9.57. The number of benzene rings is 1. The molecule has 0 saturated carbocycles. The van der Waals surface area contributed by atoms with Gasteiger partial charge in [0.15, 0.2) is 0 Å². The molecule has 0 aliphatic rings. The zero-order chi connectivity index (χ0) is 11.4.